The van der Waals surface area contributed by atoms with Crippen LogP contribution < -0.4 is 0 Å². The smallest absolute Gasteiger partial charge is 0.379 e. The number of rotatable bonds is 41. The first-order chi connectivity index (χ1) is 31.0. The lowest BCUT2D eigenvalue weighted by Gasteiger charge is -2.47. The minimum Gasteiger partial charge on any atom is -0.379 e. The van der Waals surface area contributed by atoms with E-state index in [1.165, 1.54) is 141 Å². The van der Waals surface area contributed by atoms with Crippen LogP contribution in [0.3, 0.4) is 0 Å². The first-order valence-electron chi connectivity index (χ1n) is 25.1. The van der Waals surface area contributed by atoms with Gasteiger partial charge in [-0.05, 0) is 12.8 Å². The summed E-state index contributed by atoms with van der Waals surface area (Å²) in [5.74, 6) is 0. The fourth-order valence-electron chi connectivity index (χ4n) is 8.46. The van der Waals surface area contributed by atoms with Crippen LogP contribution in [-0.2, 0) is 57.6 Å². The Labute approximate surface area is 387 Å². The van der Waals surface area contributed by atoms with Gasteiger partial charge in [0.25, 0.3) is 0 Å². The fourth-order valence-corrected chi connectivity index (χ4v) is 9.44. The van der Waals surface area contributed by atoms with Crippen LogP contribution >= 0.6 is 0 Å². The van der Waals surface area contributed by atoms with Gasteiger partial charge in [-0.1, -0.05) is 211 Å². The van der Waals surface area contributed by atoms with E-state index < -0.39 is 63.9 Å². The van der Waals surface area contributed by atoms with Crippen molar-refractivity contribution in [2.45, 2.75) is 237 Å². The molecule has 2 fully saturated rings. The second kappa shape index (κ2) is 34.9. The van der Waals surface area contributed by atoms with Crippen LogP contribution in [-0.4, -0.2) is 95.8 Å². The van der Waals surface area contributed by atoms with Crippen molar-refractivity contribution in [1.29, 1.82) is 0 Å². The summed E-state index contributed by atoms with van der Waals surface area (Å²) in [6.07, 6.45) is 25.7. The Morgan fingerprint density at radius 1 is 0.562 bits per heavy atom. The van der Waals surface area contributed by atoms with Gasteiger partial charge in [-0.15, -0.1) is 0 Å². The van der Waals surface area contributed by atoms with Crippen LogP contribution in [0.2, 0.25) is 0 Å². The van der Waals surface area contributed by atoms with Crippen molar-refractivity contribution in [2.75, 3.05) is 33.0 Å². The third-order valence-electron chi connectivity index (χ3n) is 12.1. The van der Waals surface area contributed by atoms with Crippen LogP contribution in [0.15, 0.2) is 30.3 Å². The zero-order valence-corrected chi connectivity index (χ0v) is 41.0. The topological polar surface area (TPSA) is 183 Å². The molecule has 0 aliphatic carbocycles. The third kappa shape index (κ3) is 26.9. The van der Waals surface area contributed by atoms with Crippen molar-refractivity contribution < 1.29 is 62.7 Å². The predicted octanol–water partition coefficient (Wildman–Crippen LogP) is 11.6. The molecule has 1 aromatic rings. The predicted molar refractivity (Wildman–Crippen MR) is 249 cm³/mol. The lowest BCUT2D eigenvalue weighted by atomic mass is 9.98. The van der Waals surface area contributed by atoms with Gasteiger partial charge in [-0.25, -0.2) is 8.37 Å². The van der Waals surface area contributed by atoms with Gasteiger partial charge in [0.1, 0.15) is 24.4 Å². The Morgan fingerprint density at radius 3 is 1.47 bits per heavy atom. The van der Waals surface area contributed by atoms with Gasteiger partial charge in [0.2, 0.25) is 0 Å². The second-order valence-electron chi connectivity index (χ2n) is 17.8. The molecule has 7 atom stereocenters. The minimum atomic E-state index is -5.22. The lowest BCUT2D eigenvalue weighted by Crippen LogP contribution is -2.64. The summed E-state index contributed by atoms with van der Waals surface area (Å²) in [5.41, 5.74) is 0.588. The van der Waals surface area contributed by atoms with Crippen molar-refractivity contribution in [3.63, 3.8) is 0 Å². The molecule has 1 aromatic carbocycles. The first kappa shape index (κ1) is 57.0. The number of ether oxygens (including phenoxy) is 6. The summed E-state index contributed by atoms with van der Waals surface area (Å²) in [5, 5.41) is 0. The van der Waals surface area contributed by atoms with E-state index in [-0.39, 0.29) is 19.8 Å². The highest BCUT2D eigenvalue weighted by Crippen LogP contribution is 2.37. The molecule has 0 aromatic heterocycles. The van der Waals surface area contributed by atoms with Crippen LogP contribution in [0, 0.1) is 0 Å². The molecular weight excluding hydrogens is 865 g/mol. The van der Waals surface area contributed by atoms with Gasteiger partial charge in [0.15, 0.2) is 18.7 Å². The highest BCUT2D eigenvalue weighted by atomic mass is 32.3. The van der Waals surface area contributed by atoms with Crippen LogP contribution in [0.1, 0.15) is 205 Å². The SMILES string of the molecule is CCCCCCCCCCCCCCCCOCC(CO[C@@H]1O[C@@H]2COC(c3ccccc3)O[C@@H]2[C@H](OS(=O)(=O)O)[C@H]1OS(=O)(=O)O)OCCCCCCCCCCCCCCCC. The second-order valence-corrected chi connectivity index (χ2v) is 19.9. The van der Waals surface area contributed by atoms with Crippen LogP contribution in [0.5, 0.6) is 0 Å². The Hall–Kier alpha value is -1.28. The third-order valence-corrected chi connectivity index (χ3v) is 13.0. The lowest BCUT2D eigenvalue weighted by molar-refractivity contribution is -0.357. The maximum absolute atomic E-state index is 12.1. The van der Waals surface area contributed by atoms with Crippen LogP contribution in [0.4, 0.5) is 0 Å². The Balaban J connectivity index is 1.50. The molecule has 2 aliphatic heterocycles. The molecule has 2 saturated heterocycles. The van der Waals surface area contributed by atoms with E-state index >= 15 is 0 Å². The summed E-state index contributed by atoms with van der Waals surface area (Å²) >= 11 is 0. The molecule has 0 radical (unpaired) electrons. The highest BCUT2D eigenvalue weighted by molar-refractivity contribution is 7.81. The molecule has 16 heteroatoms. The van der Waals surface area contributed by atoms with Gasteiger partial charge in [-0.2, -0.15) is 16.8 Å². The number of unbranched alkanes of at least 4 members (excludes halogenated alkanes) is 26. The monoisotopic (exact) mass is 951 g/mol. The number of fused-ring (bicyclic) bond motifs is 1. The summed E-state index contributed by atoms with van der Waals surface area (Å²) in [7, 11) is -10.4. The Morgan fingerprint density at radius 2 is 1.00 bits per heavy atom. The highest BCUT2D eigenvalue weighted by Gasteiger charge is 2.55. The van der Waals surface area contributed by atoms with Crippen molar-refractivity contribution in [3.8, 4) is 0 Å². The quantitative estimate of drug-likeness (QED) is 0.0467. The van der Waals surface area contributed by atoms with Gasteiger partial charge in [0.05, 0.1) is 19.8 Å². The van der Waals surface area contributed by atoms with Crippen molar-refractivity contribution in [1.82, 2.24) is 0 Å². The number of benzene rings is 1. The van der Waals surface area contributed by atoms with Gasteiger partial charge < -0.3 is 28.4 Å². The number of hydrogen-bond donors (Lipinski definition) is 2. The average Bonchev–Trinajstić information content (AvgIpc) is 3.26. The van der Waals surface area contributed by atoms with E-state index in [1.807, 2.05) is 0 Å². The standard InChI is InChI=1S/C48H86O14S2/c1-3-5-7-9-11-13-15-17-19-21-23-25-27-32-36-55-38-42(56-37-33-28-26-24-22-20-18-16-14-12-10-8-6-4-2)39-57-48-46(62-64(52,53)54)45(61-63(49,50)51)44-43(59-48)40-58-47(60-44)41-34-30-29-31-35-41/h29-31,34-35,42-48H,3-28,32-33,36-40H2,1-2H3,(H,49,50,51)(H,52,53,54)/t42?,43-,44+,45+,46-,47?,48-/m1/s1. The molecule has 0 spiro atoms. The van der Waals surface area contributed by atoms with E-state index in [0.717, 1.165) is 38.5 Å². The largest absolute Gasteiger partial charge is 0.397 e. The fraction of sp³-hybridized carbons (Fsp3) is 0.875. The molecule has 2 heterocycles. The normalized spacial score (nSPS) is 22.1. The van der Waals surface area contributed by atoms with Gasteiger partial charge >= 0.3 is 20.8 Å². The van der Waals surface area contributed by atoms with Crippen molar-refractivity contribution in [3.05, 3.63) is 35.9 Å². The zero-order chi connectivity index (χ0) is 46.1. The number of hydrogen-bond acceptors (Lipinski definition) is 12. The molecule has 0 bridgehead atoms. The van der Waals surface area contributed by atoms with E-state index in [9.17, 15) is 25.9 Å². The zero-order valence-electron chi connectivity index (χ0n) is 39.4. The molecule has 0 amide bonds. The van der Waals surface area contributed by atoms with Crippen LogP contribution in [0.25, 0.3) is 0 Å². The summed E-state index contributed by atoms with van der Waals surface area (Å²) in [4.78, 5) is 0. The Bertz CT molecular complexity index is 1480. The summed E-state index contributed by atoms with van der Waals surface area (Å²) in [6.45, 7) is 5.40. The maximum atomic E-state index is 12.1. The average molecular weight is 951 g/mol. The van der Waals surface area contributed by atoms with E-state index in [4.69, 9.17) is 36.8 Å². The van der Waals surface area contributed by atoms with E-state index in [2.05, 4.69) is 13.8 Å². The van der Waals surface area contributed by atoms with E-state index in [1.54, 1.807) is 30.3 Å². The van der Waals surface area contributed by atoms with Crippen molar-refractivity contribution in [2.24, 2.45) is 0 Å². The molecule has 3 rings (SSSR count). The minimum absolute atomic E-state index is 0.130. The van der Waals surface area contributed by atoms with Crippen molar-refractivity contribution >= 4 is 20.8 Å². The molecule has 2 N–H and O–H groups in total. The van der Waals surface area contributed by atoms with Gasteiger partial charge in [0, 0.05) is 18.8 Å². The summed E-state index contributed by atoms with van der Waals surface area (Å²) in [6, 6.07) is 8.77. The molecule has 14 nitrogen and oxygen atoms in total. The Kier molecular flexibility index (Phi) is 31.1. The molecule has 2 aliphatic rings. The molecular formula is C48H86O14S2. The maximum Gasteiger partial charge on any atom is 0.397 e. The van der Waals surface area contributed by atoms with Gasteiger partial charge in [-0.3, -0.25) is 9.11 Å². The van der Waals surface area contributed by atoms with E-state index in [0.29, 0.717) is 18.8 Å². The first-order valence-corrected chi connectivity index (χ1v) is 27.8. The summed E-state index contributed by atoms with van der Waals surface area (Å²) < 4.78 is 114. The molecule has 374 valence electrons. The molecule has 64 heavy (non-hydrogen) atoms. The molecule has 0 saturated carbocycles. The molecule has 2 unspecified atom stereocenters.